The Kier molecular flexibility index (Phi) is 3.42. The molecule has 1 heterocycles. The predicted octanol–water partition coefficient (Wildman–Crippen LogP) is -0.0352. The molecule has 2 rings (SSSR count). The molecule has 1 fully saturated rings. The second-order valence-corrected chi connectivity index (χ2v) is 4.81. The van der Waals surface area contributed by atoms with E-state index in [4.69, 9.17) is 5.73 Å². The molecule has 1 amide bonds. The first-order chi connectivity index (χ1) is 8.11. The summed E-state index contributed by atoms with van der Waals surface area (Å²) in [5.74, 6) is 1.34. The van der Waals surface area contributed by atoms with Crippen LogP contribution < -0.4 is 5.73 Å². The van der Waals surface area contributed by atoms with Crippen molar-refractivity contribution in [2.24, 2.45) is 17.6 Å². The van der Waals surface area contributed by atoms with Gasteiger partial charge in [0, 0.05) is 20.1 Å². The first-order valence-corrected chi connectivity index (χ1v) is 5.97. The molecule has 2 unspecified atom stereocenters. The maximum Gasteiger partial charge on any atom is 0.275 e. The molecule has 0 radical (unpaired) electrons. The lowest BCUT2D eigenvalue weighted by Crippen LogP contribution is -2.29. The molecule has 0 aromatic carbocycles. The van der Waals surface area contributed by atoms with Crippen LogP contribution >= 0.6 is 0 Å². The zero-order valence-electron chi connectivity index (χ0n) is 10.3. The van der Waals surface area contributed by atoms with E-state index in [0.29, 0.717) is 24.7 Å². The molecule has 1 aliphatic carbocycles. The third kappa shape index (κ3) is 2.82. The van der Waals surface area contributed by atoms with Crippen LogP contribution in [0.4, 0.5) is 0 Å². The Morgan fingerprint density at radius 2 is 2.41 bits per heavy atom. The van der Waals surface area contributed by atoms with Crippen LogP contribution in [0.3, 0.4) is 0 Å². The molecule has 94 valence electrons. The fraction of sp³-hybridized carbons (Fsp3) is 0.727. The number of aromatic nitrogens is 3. The Morgan fingerprint density at radius 1 is 1.71 bits per heavy atom. The van der Waals surface area contributed by atoms with Crippen molar-refractivity contribution in [2.45, 2.75) is 19.9 Å². The summed E-state index contributed by atoms with van der Waals surface area (Å²) in [6, 6.07) is 0. The van der Waals surface area contributed by atoms with Gasteiger partial charge in [-0.05, 0) is 18.3 Å². The normalized spacial score (nSPS) is 22.5. The number of nitrogens with two attached hydrogens (primary N) is 1. The summed E-state index contributed by atoms with van der Waals surface area (Å²) >= 11 is 0. The first-order valence-electron chi connectivity index (χ1n) is 5.97. The molecule has 1 aromatic rings. The Morgan fingerprint density at radius 3 is 3.00 bits per heavy atom. The topological polar surface area (TPSA) is 77.0 Å². The van der Waals surface area contributed by atoms with Crippen molar-refractivity contribution in [1.82, 2.24) is 19.9 Å². The van der Waals surface area contributed by atoms with Gasteiger partial charge in [0.1, 0.15) is 0 Å². The molecule has 1 saturated carbocycles. The van der Waals surface area contributed by atoms with Crippen molar-refractivity contribution in [3.8, 4) is 0 Å². The zero-order valence-corrected chi connectivity index (χ0v) is 10.3. The Hall–Kier alpha value is -1.43. The van der Waals surface area contributed by atoms with E-state index in [-0.39, 0.29) is 5.91 Å². The van der Waals surface area contributed by atoms with Crippen LogP contribution in [0.1, 0.15) is 23.8 Å². The number of hydrogen-bond donors (Lipinski definition) is 1. The highest BCUT2D eigenvalue weighted by atomic mass is 16.2. The summed E-state index contributed by atoms with van der Waals surface area (Å²) in [5, 5.41) is 7.73. The van der Waals surface area contributed by atoms with Gasteiger partial charge in [0.2, 0.25) is 0 Å². The molecule has 0 bridgehead atoms. The smallest absolute Gasteiger partial charge is 0.275 e. The minimum absolute atomic E-state index is 0.0626. The lowest BCUT2D eigenvalue weighted by molar-refractivity contribution is 0.0781. The second kappa shape index (κ2) is 4.83. The van der Waals surface area contributed by atoms with Gasteiger partial charge >= 0.3 is 0 Å². The van der Waals surface area contributed by atoms with Gasteiger partial charge in [-0.1, -0.05) is 12.1 Å². The van der Waals surface area contributed by atoms with Crippen molar-refractivity contribution in [1.29, 1.82) is 0 Å². The molecular formula is C11H19N5O. The van der Waals surface area contributed by atoms with Gasteiger partial charge in [-0.15, -0.1) is 5.10 Å². The third-order valence-electron chi connectivity index (χ3n) is 3.25. The SMILES string of the molecule is CC1CC1CN(C)C(=O)c1cn(CCN)nn1. The highest BCUT2D eigenvalue weighted by molar-refractivity contribution is 5.91. The van der Waals surface area contributed by atoms with Gasteiger partial charge in [-0.3, -0.25) is 9.48 Å². The first kappa shape index (κ1) is 12.0. The van der Waals surface area contributed by atoms with Gasteiger partial charge in [0.15, 0.2) is 5.69 Å². The van der Waals surface area contributed by atoms with Crippen LogP contribution in [0.15, 0.2) is 6.20 Å². The van der Waals surface area contributed by atoms with Crippen molar-refractivity contribution in [2.75, 3.05) is 20.1 Å². The summed E-state index contributed by atoms with van der Waals surface area (Å²) in [6.45, 7) is 4.10. The summed E-state index contributed by atoms with van der Waals surface area (Å²) in [6.07, 6.45) is 2.87. The maximum atomic E-state index is 12.0. The minimum atomic E-state index is -0.0626. The molecule has 6 heteroatoms. The summed E-state index contributed by atoms with van der Waals surface area (Å²) in [4.78, 5) is 13.7. The van der Waals surface area contributed by atoms with Gasteiger partial charge in [-0.2, -0.15) is 0 Å². The molecule has 2 atom stereocenters. The van der Waals surface area contributed by atoms with Crippen LogP contribution in [-0.2, 0) is 6.54 Å². The molecule has 0 spiro atoms. The Bertz CT molecular complexity index is 402. The van der Waals surface area contributed by atoms with E-state index in [0.717, 1.165) is 12.5 Å². The van der Waals surface area contributed by atoms with E-state index in [9.17, 15) is 4.79 Å². The van der Waals surface area contributed by atoms with Crippen LogP contribution in [0, 0.1) is 11.8 Å². The molecule has 6 nitrogen and oxygen atoms in total. The van der Waals surface area contributed by atoms with Crippen molar-refractivity contribution in [3.63, 3.8) is 0 Å². The van der Waals surface area contributed by atoms with Crippen LogP contribution in [0.5, 0.6) is 0 Å². The number of carbonyl (C=O) groups excluding carboxylic acids is 1. The largest absolute Gasteiger partial charge is 0.340 e. The highest BCUT2D eigenvalue weighted by Crippen LogP contribution is 2.38. The quantitative estimate of drug-likeness (QED) is 0.780. The number of amides is 1. The van der Waals surface area contributed by atoms with E-state index < -0.39 is 0 Å². The van der Waals surface area contributed by atoms with Gasteiger partial charge in [0.25, 0.3) is 5.91 Å². The zero-order chi connectivity index (χ0) is 12.4. The Balaban J connectivity index is 1.93. The van der Waals surface area contributed by atoms with Crippen LogP contribution in [0.2, 0.25) is 0 Å². The number of rotatable bonds is 5. The lowest BCUT2D eigenvalue weighted by Gasteiger charge is -2.14. The fourth-order valence-electron chi connectivity index (χ4n) is 1.92. The molecule has 0 aliphatic heterocycles. The predicted molar refractivity (Wildman–Crippen MR) is 63.3 cm³/mol. The van der Waals surface area contributed by atoms with Crippen molar-refractivity contribution < 1.29 is 4.79 Å². The summed E-state index contributed by atoms with van der Waals surface area (Å²) in [7, 11) is 1.81. The Labute approximate surface area is 101 Å². The van der Waals surface area contributed by atoms with Crippen molar-refractivity contribution >= 4 is 5.91 Å². The molecule has 2 N–H and O–H groups in total. The van der Waals surface area contributed by atoms with Crippen LogP contribution in [-0.4, -0.2) is 45.9 Å². The van der Waals surface area contributed by atoms with E-state index in [2.05, 4.69) is 17.2 Å². The lowest BCUT2D eigenvalue weighted by atomic mass is 10.3. The highest BCUT2D eigenvalue weighted by Gasteiger charge is 2.34. The van der Waals surface area contributed by atoms with E-state index >= 15 is 0 Å². The molecule has 1 aromatic heterocycles. The fourth-order valence-corrected chi connectivity index (χ4v) is 1.92. The van der Waals surface area contributed by atoms with E-state index in [1.807, 2.05) is 7.05 Å². The molecule has 17 heavy (non-hydrogen) atoms. The number of nitrogens with zero attached hydrogens (tertiary/aromatic N) is 4. The average molecular weight is 237 g/mol. The molecule has 1 aliphatic rings. The van der Waals surface area contributed by atoms with Gasteiger partial charge in [0.05, 0.1) is 12.7 Å². The molecule has 0 saturated heterocycles. The van der Waals surface area contributed by atoms with Crippen LogP contribution in [0.25, 0.3) is 0 Å². The third-order valence-corrected chi connectivity index (χ3v) is 3.25. The van der Waals surface area contributed by atoms with E-state index in [1.165, 1.54) is 6.42 Å². The molecular weight excluding hydrogens is 218 g/mol. The van der Waals surface area contributed by atoms with Gasteiger partial charge < -0.3 is 10.6 Å². The monoisotopic (exact) mass is 237 g/mol. The van der Waals surface area contributed by atoms with E-state index in [1.54, 1.807) is 15.8 Å². The number of hydrogen-bond acceptors (Lipinski definition) is 4. The standard InChI is InChI=1S/C11H19N5O/c1-8-5-9(8)6-15(2)11(17)10-7-16(4-3-12)14-13-10/h7-9H,3-6,12H2,1-2H3. The summed E-state index contributed by atoms with van der Waals surface area (Å²) < 4.78 is 1.60. The summed E-state index contributed by atoms with van der Waals surface area (Å²) in [5.41, 5.74) is 5.81. The van der Waals surface area contributed by atoms with Crippen molar-refractivity contribution in [3.05, 3.63) is 11.9 Å². The number of carbonyl (C=O) groups is 1. The second-order valence-electron chi connectivity index (χ2n) is 4.81. The maximum absolute atomic E-state index is 12.0. The minimum Gasteiger partial charge on any atom is -0.340 e. The average Bonchev–Trinajstić information content (AvgIpc) is 2.81. The van der Waals surface area contributed by atoms with Gasteiger partial charge in [-0.25, -0.2) is 0 Å².